The van der Waals surface area contributed by atoms with Crippen molar-refractivity contribution in [2.75, 3.05) is 0 Å². The molecule has 3 aromatic heterocycles. The fraction of sp³-hybridized carbons (Fsp3) is 0.0909. The minimum absolute atomic E-state index is 0.137. The van der Waals surface area contributed by atoms with Crippen LogP contribution in [0.3, 0.4) is 0 Å². The van der Waals surface area contributed by atoms with Crippen molar-refractivity contribution in [1.82, 2.24) is 19.5 Å². The van der Waals surface area contributed by atoms with Crippen molar-refractivity contribution in [3.05, 3.63) is 70.7 Å². The van der Waals surface area contributed by atoms with Crippen LogP contribution in [0.4, 0.5) is 4.39 Å². The molecule has 0 radical (unpaired) electrons. The molecule has 0 amide bonds. The lowest BCUT2D eigenvalue weighted by atomic mass is 10.2. The lowest BCUT2D eigenvalue weighted by Crippen LogP contribution is -2.06. The predicted molar refractivity (Wildman–Crippen MR) is 120 cm³/mol. The molecule has 0 unspecified atom stereocenters. The van der Waals surface area contributed by atoms with Gasteiger partial charge in [0.15, 0.2) is 10.7 Å². The monoisotopic (exact) mass is 498 g/mol. The van der Waals surface area contributed by atoms with Gasteiger partial charge in [0.2, 0.25) is 9.84 Å². The maximum atomic E-state index is 13.7. The lowest BCUT2D eigenvalue weighted by Gasteiger charge is -2.08. The fourth-order valence-electron chi connectivity index (χ4n) is 3.71. The molecule has 1 N–H and O–H groups in total. The highest BCUT2D eigenvalue weighted by Gasteiger charge is 2.25. The molecule has 9 heteroatoms. The molecule has 0 saturated carbocycles. The third-order valence-corrected chi connectivity index (χ3v) is 7.91. The molecule has 0 atom stereocenters. The lowest BCUT2D eigenvalue weighted by molar-refractivity contribution is 0.591. The summed E-state index contributed by atoms with van der Waals surface area (Å²) in [5.74, 6) is -0.319. The van der Waals surface area contributed by atoms with Gasteiger partial charge in [-0.25, -0.2) is 22.8 Å². The summed E-state index contributed by atoms with van der Waals surface area (Å²) in [6.07, 6.45) is 2.98. The molecule has 0 bridgehead atoms. The number of halogens is 2. The molecule has 5 aromatic rings. The smallest absolute Gasteiger partial charge is 0.226 e. The normalized spacial score (nSPS) is 12.1. The number of rotatable bonds is 3. The van der Waals surface area contributed by atoms with Crippen LogP contribution in [0.2, 0.25) is 0 Å². The molecule has 3 heterocycles. The zero-order valence-electron chi connectivity index (χ0n) is 16.5. The van der Waals surface area contributed by atoms with Crippen LogP contribution in [-0.4, -0.2) is 27.9 Å². The number of H-pyrrole nitrogens is 1. The minimum Gasteiger partial charge on any atom is -0.344 e. The number of nitrogens with one attached hydrogen (secondary N) is 1. The first-order valence-corrected chi connectivity index (χ1v) is 11.6. The quantitative estimate of drug-likeness (QED) is 0.372. The Morgan fingerprint density at radius 1 is 1.13 bits per heavy atom. The number of benzene rings is 2. The maximum Gasteiger partial charge on any atom is 0.226 e. The SMILES string of the molecule is Cc1ccc(Br)c(S(=O)(=O)c2cnc3[nH]cc(-c4cc5cc(F)ccc5n4C)c3n2)c1. The Kier molecular flexibility index (Phi) is 4.49. The Balaban J connectivity index is 1.71. The van der Waals surface area contributed by atoms with Crippen LogP contribution in [-0.2, 0) is 16.9 Å². The maximum absolute atomic E-state index is 13.7. The molecule has 0 spiro atoms. The summed E-state index contributed by atoms with van der Waals surface area (Å²) in [7, 11) is -2.02. The van der Waals surface area contributed by atoms with Crippen molar-refractivity contribution in [3.8, 4) is 11.3 Å². The molecule has 0 saturated heterocycles. The number of hydrogen-bond donors (Lipinski definition) is 1. The fourth-order valence-corrected chi connectivity index (χ4v) is 5.89. The van der Waals surface area contributed by atoms with E-state index in [-0.39, 0.29) is 15.7 Å². The second kappa shape index (κ2) is 7.00. The van der Waals surface area contributed by atoms with Crippen LogP contribution < -0.4 is 0 Å². The van der Waals surface area contributed by atoms with Gasteiger partial charge in [-0.3, -0.25) is 0 Å². The first kappa shape index (κ1) is 19.9. The van der Waals surface area contributed by atoms with Gasteiger partial charge in [0.1, 0.15) is 11.3 Å². The van der Waals surface area contributed by atoms with E-state index in [1.165, 1.54) is 18.3 Å². The van der Waals surface area contributed by atoms with Gasteiger partial charge >= 0.3 is 0 Å². The van der Waals surface area contributed by atoms with Gasteiger partial charge in [-0.2, -0.15) is 0 Å². The van der Waals surface area contributed by atoms with Crippen molar-refractivity contribution in [2.24, 2.45) is 7.05 Å². The summed E-state index contributed by atoms with van der Waals surface area (Å²) >= 11 is 3.32. The second-order valence-corrected chi connectivity index (χ2v) is 10.1. The molecule has 31 heavy (non-hydrogen) atoms. The topological polar surface area (TPSA) is 80.6 Å². The van der Waals surface area contributed by atoms with Gasteiger partial charge in [-0.05, 0) is 64.8 Å². The average Bonchev–Trinajstić information content (AvgIpc) is 3.29. The number of hydrogen-bond acceptors (Lipinski definition) is 4. The zero-order valence-corrected chi connectivity index (χ0v) is 18.9. The number of fused-ring (bicyclic) bond motifs is 2. The molecule has 5 rings (SSSR count). The predicted octanol–water partition coefficient (Wildman–Crippen LogP) is 5.16. The van der Waals surface area contributed by atoms with Gasteiger partial charge < -0.3 is 9.55 Å². The first-order chi connectivity index (χ1) is 14.8. The van der Waals surface area contributed by atoms with Crippen molar-refractivity contribution < 1.29 is 12.8 Å². The molecule has 156 valence electrons. The Hall–Kier alpha value is -3.04. The van der Waals surface area contributed by atoms with Crippen molar-refractivity contribution in [3.63, 3.8) is 0 Å². The highest BCUT2D eigenvalue weighted by Crippen LogP contribution is 2.33. The van der Waals surface area contributed by atoms with Gasteiger partial charge in [-0.1, -0.05) is 6.07 Å². The summed E-state index contributed by atoms with van der Waals surface area (Å²) in [6, 6.07) is 11.5. The Labute approximate surface area is 185 Å². The molecule has 0 aliphatic rings. The van der Waals surface area contributed by atoms with Crippen LogP contribution in [0.15, 0.2) is 69.3 Å². The van der Waals surface area contributed by atoms with E-state index in [0.29, 0.717) is 21.2 Å². The molecule has 6 nitrogen and oxygen atoms in total. The Morgan fingerprint density at radius 2 is 1.94 bits per heavy atom. The Bertz CT molecular complexity index is 1610. The largest absolute Gasteiger partial charge is 0.344 e. The zero-order chi connectivity index (χ0) is 21.9. The Morgan fingerprint density at radius 3 is 2.74 bits per heavy atom. The third-order valence-electron chi connectivity index (χ3n) is 5.29. The third kappa shape index (κ3) is 3.16. The standard InChI is InChI=1S/C22H16BrFN4O2S/c1-12-3-5-16(23)19(7-12)31(29,30)20-11-26-22-21(27-20)15(10-25-22)18-9-13-8-14(24)4-6-17(13)28(18)2/h3-11H,1-2H3,(H,25,26). The average molecular weight is 499 g/mol. The van der Waals surface area contributed by atoms with Crippen molar-refractivity contribution >= 4 is 47.8 Å². The van der Waals surface area contributed by atoms with Crippen molar-refractivity contribution in [1.29, 1.82) is 0 Å². The second-order valence-electron chi connectivity index (χ2n) is 7.34. The minimum atomic E-state index is -3.89. The molecule has 0 fully saturated rings. The summed E-state index contributed by atoms with van der Waals surface area (Å²) < 4.78 is 42.6. The van der Waals surface area contributed by atoms with Crippen LogP contribution in [0.5, 0.6) is 0 Å². The van der Waals surface area contributed by atoms with E-state index in [4.69, 9.17) is 0 Å². The molecule has 0 aliphatic carbocycles. The van der Waals surface area contributed by atoms with Crippen LogP contribution >= 0.6 is 15.9 Å². The van der Waals surface area contributed by atoms with E-state index < -0.39 is 9.84 Å². The van der Waals surface area contributed by atoms with E-state index in [2.05, 4.69) is 30.9 Å². The number of sulfone groups is 1. The van der Waals surface area contributed by atoms with Gasteiger partial charge in [0.25, 0.3) is 0 Å². The van der Waals surface area contributed by atoms with E-state index in [9.17, 15) is 12.8 Å². The highest BCUT2D eigenvalue weighted by molar-refractivity contribution is 9.10. The summed E-state index contributed by atoms with van der Waals surface area (Å²) in [5, 5.41) is 0.601. The van der Waals surface area contributed by atoms with Gasteiger partial charge in [0, 0.05) is 34.2 Å². The number of nitrogens with zero attached hydrogens (tertiary/aromatic N) is 3. The number of aryl methyl sites for hydroxylation is 2. The van der Waals surface area contributed by atoms with Gasteiger partial charge in [-0.15, -0.1) is 0 Å². The number of aromatic amines is 1. The number of aromatic nitrogens is 4. The summed E-state index contributed by atoms with van der Waals surface area (Å²) in [5.41, 5.74) is 4.02. The van der Waals surface area contributed by atoms with E-state index in [1.807, 2.05) is 30.7 Å². The van der Waals surface area contributed by atoms with E-state index in [1.54, 1.807) is 24.4 Å². The summed E-state index contributed by atoms with van der Waals surface area (Å²) in [4.78, 5) is 11.9. The first-order valence-electron chi connectivity index (χ1n) is 9.36. The highest BCUT2D eigenvalue weighted by atomic mass is 79.9. The molecule has 0 aliphatic heterocycles. The van der Waals surface area contributed by atoms with Crippen molar-refractivity contribution in [2.45, 2.75) is 16.8 Å². The van der Waals surface area contributed by atoms with Crippen LogP contribution in [0.25, 0.3) is 33.3 Å². The van der Waals surface area contributed by atoms with Crippen LogP contribution in [0, 0.1) is 12.7 Å². The molecule has 2 aromatic carbocycles. The van der Waals surface area contributed by atoms with E-state index >= 15 is 0 Å². The summed E-state index contributed by atoms with van der Waals surface area (Å²) in [6.45, 7) is 1.83. The van der Waals surface area contributed by atoms with Gasteiger partial charge in [0.05, 0.1) is 16.8 Å². The molecular formula is C22H16BrFN4O2S. The van der Waals surface area contributed by atoms with Crippen LogP contribution in [0.1, 0.15) is 5.56 Å². The van der Waals surface area contributed by atoms with E-state index in [0.717, 1.165) is 22.2 Å². The molecular weight excluding hydrogens is 483 g/mol.